The Morgan fingerprint density at radius 3 is 2.40 bits per heavy atom. The largest absolute Gasteiger partial charge is 0.377 e. The molecule has 0 atom stereocenters. The summed E-state index contributed by atoms with van der Waals surface area (Å²) >= 11 is 0. The molecule has 15 heavy (non-hydrogen) atoms. The first-order chi connectivity index (χ1) is 7.15. The number of hydrogen-bond donors (Lipinski definition) is 1. The molecule has 0 bridgehead atoms. The second-order valence-electron chi connectivity index (χ2n) is 3.05. The van der Waals surface area contributed by atoms with Gasteiger partial charge in [0.1, 0.15) is 5.82 Å². The molecule has 0 saturated carbocycles. The normalized spacial score (nSPS) is 10.7. The lowest BCUT2D eigenvalue weighted by atomic mass is 10.2. The molecule has 2 nitrogen and oxygen atoms in total. The third-order valence-electron chi connectivity index (χ3n) is 1.84. The van der Waals surface area contributed by atoms with Gasteiger partial charge in [-0.1, -0.05) is 0 Å². The lowest BCUT2D eigenvalue weighted by molar-refractivity contribution is 0.117. The van der Waals surface area contributed by atoms with Crippen LogP contribution in [0.1, 0.15) is 12.0 Å². The topological polar surface area (TPSA) is 35.2 Å². The minimum atomic E-state index is -1.20. The molecule has 0 saturated heterocycles. The van der Waals surface area contributed by atoms with Crippen molar-refractivity contribution >= 4 is 0 Å². The molecule has 0 fully saturated rings. The standard InChI is InChI=1S/C10H12F3NO/c11-8-5-10(13)9(12)4-7(8)6-15-3-1-2-14/h4-5H,1-3,6,14H2. The van der Waals surface area contributed by atoms with Gasteiger partial charge in [0.2, 0.25) is 0 Å². The predicted octanol–water partition coefficient (Wildman–Crippen LogP) is 1.97. The molecule has 1 aromatic rings. The van der Waals surface area contributed by atoms with Gasteiger partial charge in [-0.05, 0) is 19.0 Å². The van der Waals surface area contributed by atoms with Gasteiger partial charge in [0.25, 0.3) is 0 Å². The van der Waals surface area contributed by atoms with Crippen molar-refractivity contribution in [1.82, 2.24) is 0 Å². The van der Waals surface area contributed by atoms with Crippen molar-refractivity contribution in [2.24, 2.45) is 5.73 Å². The third kappa shape index (κ3) is 3.53. The molecule has 1 rings (SSSR count). The first-order valence-corrected chi connectivity index (χ1v) is 4.56. The van der Waals surface area contributed by atoms with Crippen molar-refractivity contribution in [3.05, 3.63) is 35.1 Å². The Morgan fingerprint density at radius 2 is 1.73 bits per heavy atom. The molecule has 0 aliphatic rings. The minimum Gasteiger partial charge on any atom is -0.377 e. The maximum absolute atomic E-state index is 13.0. The van der Waals surface area contributed by atoms with Gasteiger partial charge in [0.15, 0.2) is 11.6 Å². The van der Waals surface area contributed by atoms with Crippen LogP contribution in [0.25, 0.3) is 0 Å². The highest BCUT2D eigenvalue weighted by molar-refractivity contribution is 5.19. The monoisotopic (exact) mass is 219 g/mol. The average Bonchev–Trinajstić information content (AvgIpc) is 2.20. The summed E-state index contributed by atoms with van der Waals surface area (Å²) in [6.45, 7) is 0.762. The van der Waals surface area contributed by atoms with Crippen molar-refractivity contribution < 1.29 is 17.9 Å². The Labute approximate surface area is 85.8 Å². The molecule has 1 aromatic carbocycles. The summed E-state index contributed by atoms with van der Waals surface area (Å²) in [5.74, 6) is -3.08. The average molecular weight is 219 g/mol. The molecular weight excluding hydrogens is 207 g/mol. The molecule has 0 unspecified atom stereocenters. The number of nitrogens with two attached hydrogens (primary N) is 1. The van der Waals surface area contributed by atoms with Crippen LogP contribution in [0.15, 0.2) is 12.1 Å². The SMILES string of the molecule is NCCCOCc1cc(F)c(F)cc1F. The van der Waals surface area contributed by atoms with Gasteiger partial charge in [0.05, 0.1) is 6.61 Å². The highest BCUT2D eigenvalue weighted by Crippen LogP contribution is 2.14. The van der Waals surface area contributed by atoms with Crippen LogP contribution >= 0.6 is 0 Å². The van der Waals surface area contributed by atoms with Gasteiger partial charge in [-0.25, -0.2) is 13.2 Å². The van der Waals surface area contributed by atoms with Crippen LogP contribution < -0.4 is 5.73 Å². The van der Waals surface area contributed by atoms with Crippen molar-refractivity contribution in [3.63, 3.8) is 0 Å². The van der Waals surface area contributed by atoms with Crippen LogP contribution in [0.5, 0.6) is 0 Å². The Morgan fingerprint density at radius 1 is 1.07 bits per heavy atom. The quantitative estimate of drug-likeness (QED) is 0.607. The van der Waals surface area contributed by atoms with Crippen LogP contribution in [-0.4, -0.2) is 13.2 Å². The summed E-state index contributed by atoms with van der Waals surface area (Å²) in [5, 5.41) is 0. The molecule has 0 heterocycles. The summed E-state index contributed by atoms with van der Waals surface area (Å²) in [6, 6.07) is 1.31. The third-order valence-corrected chi connectivity index (χ3v) is 1.84. The summed E-state index contributed by atoms with van der Waals surface area (Å²) in [4.78, 5) is 0. The van der Waals surface area contributed by atoms with Gasteiger partial charge in [-0.2, -0.15) is 0 Å². The molecule has 0 aliphatic carbocycles. The van der Waals surface area contributed by atoms with Gasteiger partial charge in [-0.15, -0.1) is 0 Å². The van der Waals surface area contributed by atoms with E-state index in [1.54, 1.807) is 0 Å². The van der Waals surface area contributed by atoms with Crippen LogP contribution in [0, 0.1) is 17.5 Å². The fourth-order valence-electron chi connectivity index (χ4n) is 1.04. The molecule has 0 radical (unpaired) electrons. The summed E-state index contributed by atoms with van der Waals surface area (Å²) in [6.07, 6.45) is 0.644. The highest BCUT2D eigenvalue weighted by Gasteiger charge is 2.09. The van der Waals surface area contributed by atoms with E-state index < -0.39 is 17.5 Å². The van der Waals surface area contributed by atoms with E-state index in [1.807, 2.05) is 0 Å². The zero-order chi connectivity index (χ0) is 11.3. The van der Waals surface area contributed by atoms with E-state index in [1.165, 1.54) is 0 Å². The Kier molecular flexibility index (Phi) is 4.58. The van der Waals surface area contributed by atoms with Crippen LogP contribution in [0.4, 0.5) is 13.2 Å². The smallest absolute Gasteiger partial charge is 0.161 e. The van der Waals surface area contributed by atoms with E-state index in [-0.39, 0.29) is 12.2 Å². The van der Waals surface area contributed by atoms with Crippen LogP contribution in [-0.2, 0) is 11.3 Å². The highest BCUT2D eigenvalue weighted by atomic mass is 19.2. The van der Waals surface area contributed by atoms with Crippen molar-refractivity contribution in [3.8, 4) is 0 Å². The molecule has 0 amide bonds. The van der Waals surface area contributed by atoms with E-state index in [0.717, 1.165) is 6.07 Å². The van der Waals surface area contributed by atoms with Gasteiger partial charge in [0, 0.05) is 18.2 Å². The number of ether oxygens (including phenoxy) is 1. The first kappa shape index (κ1) is 12.0. The van der Waals surface area contributed by atoms with Crippen molar-refractivity contribution in [1.29, 1.82) is 0 Å². The second-order valence-corrected chi connectivity index (χ2v) is 3.05. The molecule has 2 N–H and O–H groups in total. The number of rotatable bonds is 5. The van der Waals surface area contributed by atoms with Gasteiger partial charge in [-0.3, -0.25) is 0 Å². The Hall–Kier alpha value is -1.07. The summed E-state index contributed by atoms with van der Waals surface area (Å²) in [5.41, 5.74) is 5.22. The molecule has 84 valence electrons. The van der Waals surface area contributed by atoms with E-state index in [9.17, 15) is 13.2 Å². The molecule has 0 spiro atoms. The predicted molar refractivity (Wildman–Crippen MR) is 49.6 cm³/mol. The maximum atomic E-state index is 13.0. The van der Waals surface area contributed by atoms with Crippen molar-refractivity contribution in [2.45, 2.75) is 13.0 Å². The zero-order valence-electron chi connectivity index (χ0n) is 8.10. The fraction of sp³-hybridized carbons (Fsp3) is 0.400. The lowest BCUT2D eigenvalue weighted by Crippen LogP contribution is -2.05. The number of hydrogen-bond acceptors (Lipinski definition) is 2. The first-order valence-electron chi connectivity index (χ1n) is 4.56. The number of benzene rings is 1. The van der Waals surface area contributed by atoms with E-state index in [4.69, 9.17) is 10.5 Å². The van der Waals surface area contributed by atoms with E-state index in [2.05, 4.69) is 0 Å². The molecule has 5 heteroatoms. The Balaban J connectivity index is 2.57. The van der Waals surface area contributed by atoms with Crippen LogP contribution in [0.3, 0.4) is 0 Å². The second kappa shape index (κ2) is 5.72. The fourth-order valence-corrected chi connectivity index (χ4v) is 1.04. The lowest BCUT2D eigenvalue weighted by Gasteiger charge is -2.05. The zero-order valence-corrected chi connectivity index (χ0v) is 8.10. The molecule has 0 aromatic heterocycles. The van der Waals surface area contributed by atoms with Gasteiger partial charge < -0.3 is 10.5 Å². The van der Waals surface area contributed by atoms with E-state index in [0.29, 0.717) is 25.6 Å². The van der Waals surface area contributed by atoms with Gasteiger partial charge >= 0.3 is 0 Å². The molecular formula is C10H12F3NO. The van der Waals surface area contributed by atoms with Crippen LogP contribution in [0.2, 0.25) is 0 Å². The maximum Gasteiger partial charge on any atom is 0.161 e. The number of halogens is 3. The summed E-state index contributed by atoms with van der Waals surface area (Å²) < 4.78 is 43.3. The minimum absolute atomic E-state index is 0.00548. The molecule has 0 aliphatic heterocycles. The van der Waals surface area contributed by atoms with Crippen molar-refractivity contribution in [2.75, 3.05) is 13.2 Å². The summed E-state index contributed by atoms with van der Waals surface area (Å²) in [7, 11) is 0. The Bertz CT molecular complexity index is 331. The van der Waals surface area contributed by atoms with E-state index >= 15 is 0 Å².